The fourth-order valence-electron chi connectivity index (χ4n) is 4.29. The van der Waals surface area contributed by atoms with E-state index in [0.29, 0.717) is 11.3 Å². The molecule has 3 aromatic carbocycles. The van der Waals surface area contributed by atoms with E-state index < -0.39 is 0 Å². The number of esters is 1. The standard InChI is InChI=1S/C19H23NO2.C10H12NO3.K/c1-14-9-17(21)5-6-19(14)16-10-15(11-18(12-16)22-2)13-20-7-3-4-8-20;1-7(11-13)8-3-5-9(6-4-8)10(12)14-2;/h5-6,9-12,21H,3-4,7-8,13H2,1-2H3;3-7,11H,1-2H3;/q;-1;+1. The average molecular weight is 531 g/mol. The number of benzene rings is 3. The van der Waals surface area contributed by atoms with E-state index in [1.807, 2.05) is 18.5 Å². The third-order valence-corrected chi connectivity index (χ3v) is 6.34. The molecule has 0 aliphatic carbocycles. The smallest absolute Gasteiger partial charge is 0.787 e. The van der Waals surface area contributed by atoms with Gasteiger partial charge in [0.1, 0.15) is 11.5 Å². The third-order valence-electron chi connectivity index (χ3n) is 6.34. The molecule has 2 N–H and O–H groups in total. The maximum absolute atomic E-state index is 11.1. The molecule has 0 spiro atoms. The van der Waals surface area contributed by atoms with Crippen LogP contribution in [0.4, 0.5) is 0 Å². The number of carbonyl (C=O) groups excluding carboxylic acids is 1. The number of rotatable bonds is 7. The van der Waals surface area contributed by atoms with Crippen LogP contribution in [0.1, 0.15) is 52.9 Å². The van der Waals surface area contributed by atoms with Crippen LogP contribution in [0, 0.1) is 12.1 Å². The zero-order chi connectivity index (χ0) is 26.1. The predicted octanol–water partition coefficient (Wildman–Crippen LogP) is 2.60. The average Bonchev–Trinajstić information content (AvgIpc) is 3.41. The van der Waals surface area contributed by atoms with Crippen LogP contribution in [0.5, 0.6) is 11.5 Å². The number of hydrogen-bond acceptors (Lipinski definition) is 7. The molecule has 1 fully saturated rings. The van der Waals surface area contributed by atoms with E-state index in [1.165, 1.54) is 38.6 Å². The van der Waals surface area contributed by atoms with Crippen molar-refractivity contribution in [3.63, 3.8) is 0 Å². The zero-order valence-corrected chi connectivity index (χ0v) is 25.5. The monoisotopic (exact) mass is 530 g/mol. The second-order valence-corrected chi connectivity index (χ2v) is 9.01. The maximum Gasteiger partial charge on any atom is 1.00 e. The number of carbonyl (C=O) groups is 1. The third kappa shape index (κ3) is 9.19. The summed E-state index contributed by atoms with van der Waals surface area (Å²) in [6.07, 6.45) is 2.60. The van der Waals surface area contributed by atoms with E-state index in [0.717, 1.165) is 34.5 Å². The Balaban J connectivity index is 0.000000280. The molecule has 192 valence electrons. The van der Waals surface area contributed by atoms with Crippen LogP contribution >= 0.6 is 0 Å². The van der Waals surface area contributed by atoms with Gasteiger partial charge in [-0.25, -0.2) is 4.79 Å². The van der Waals surface area contributed by atoms with Crippen LogP contribution in [0.15, 0.2) is 60.7 Å². The van der Waals surface area contributed by atoms with Crippen molar-refractivity contribution in [3.8, 4) is 22.6 Å². The number of hydroxylamine groups is 1. The van der Waals surface area contributed by atoms with Crippen molar-refractivity contribution in [2.24, 2.45) is 0 Å². The van der Waals surface area contributed by atoms with Gasteiger partial charge in [-0.15, -0.1) is 0 Å². The van der Waals surface area contributed by atoms with Gasteiger partial charge in [-0.05, 0) is 110 Å². The Kier molecular flexibility index (Phi) is 13.3. The van der Waals surface area contributed by atoms with Crippen molar-refractivity contribution in [2.45, 2.75) is 39.3 Å². The number of hydrogen-bond donors (Lipinski definition) is 2. The SMILES string of the molecule is COC(=O)c1ccc(C(C)N[O-])cc1.COc1cc(CN2CCCC2)cc(-c2ccc(O)cc2C)c1.[K+]. The Bertz CT molecular complexity index is 1150. The van der Waals surface area contributed by atoms with Gasteiger partial charge in [0.05, 0.1) is 19.8 Å². The number of ether oxygens (including phenoxy) is 2. The van der Waals surface area contributed by atoms with Gasteiger partial charge in [-0.2, -0.15) is 0 Å². The molecule has 1 unspecified atom stereocenters. The van der Waals surface area contributed by atoms with Crippen LogP contribution in [-0.2, 0) is 11.3 Å². The summed E-state index contributed by atoms with van der Waals surface area (Å²) in [6, 6.07) is 18.4. The minimum atomic E-state index is -0.376. The number of nitrogens with zero attached hydrogens (tertiary/aromatic N) is 1. The van der Waals surface area contributed by atoms with Crippen LogP contribution < -0.4 is 61.6 Å². The zero-order valence-electron chi connectivity index (χ0n) is 22.4. The first-order valence-corrected chi connectivity index (χ1v) is 12.1. The number of aromatic hydroxyl groups is 1. The van der Waals surface area contributed by atoms with Crippen molar-refractivity contribution in [3.05, 3.63) is 88.1 Å². The topological polar surface area (TPSA) is 94.1 Å². The summed E-state index contributed by atoms with van der Waals surface area (Å²) in [5.41, 5.74) is 7.83. The molecule has 0 amide bonds. The molecule has 1 atom stereocenters. The van der Waals surface area contributed by atoms with Crippen LogP contribution in [0.2, 0.25) is 0 Å². The minimum absolute atomic E-state index is 0. The van der Waals surface area contributed by atoms with Crippen molar-refractivity contribution >= 4 is 5.97 Å². The largest absolute Gasteiger partial charge is 1.00 e. The molecule has 1 saturated heterocycles. The number of nitrogens with one attached hydrogen (secondary N) is 1. The number of aryl methyl sites for hydroxylation is 1. The maximum atomic E-state index is 11.1. The number of phenols is 1. The number of likely N-dealkylation sites (tertiary alicyclic amines) is 1. The molecule has 0 aromatic heterocycles. The van der Waals surface area contributed by atoms with Gasteiger partial charge in [-0.3, -0.25) is 4.90 Å². The van der Waals surface area contributed by atoms with Gasteiger partial charge in [0.2, 0.25) is 0 Å². The molecule has 0 saturated carbocycles. The Morgan fingerprint density at radius 1 is 1.05 bits per heavy atom. The van der Waals surface area contributed by atoms with E-state index in [-0.39, 0.29) is 63.4 Å². The molecule has 37 heavy (non-hydrogen) atoms. The second kappa shape index (κ2) is 15.6. The number of phenolic OH excluding ortho intramolecular Hbond substituents is 1. The van der Waals surface area contributed by atoms with Crippen molar-refractivity contribution < 1.29 is 70.8 Å². The minimum Gasteiger partial charge on any atom is -0.787 e. The first-order chi connectivity index (χ1) is 17.3. The molecule has 0 radical (unpaired) electrons. The summed E-state index contributed by atoms with van der Waals surface area (Å²) in [5, 5.41) is 20.0. The predicted molar refractivity (Wildman–Crippen MR) is 142 cm³/mol. The van der Waals surface area contributed by atoms with Crippen LogP contribution in [0.25, 0.3) is 11.1 Å². The molecular weight excluding hydrogens is 495 g/mol. The molecule has 8 heteroatoms. The summed E-state index contributed by atoms with van der Waals surface area (Å²) in [4.78, 5) is 13.6. The van der Waals surface area contributed by atoms with Crippen molar-refractivity contribution in [1.29, 1.82) is 0 Å². The Morgan fingerprint density at radius 3 is 2.30 bits per heavy atom. The molecule has 1 aliphatic heterocycles. The van der Waals surface area contributed by atoms with E-state index in [2.05, 4.69) is 27.8 Å². The first-order valence-electron chi connectivity index (χ1n) is 12.1. The summed E-state index contributed by atoms with van der Waals surface area (Å²) < 4.78 is 10.0. The van der Waals surface area contributed by atoms with Crippen molar-refractivity contribution in [2.75, 3.05) is 27.3 Å². The summed E-state index contributed by atoms with van der Waals surface area (Å²) in [7, 11) is 3.04. The normalized spacial score (nSPS) is 13.6. The van der Waals surface area contributed by atoms with Crippen molar-refractivity contribution in [1.82, 2.24) is 10.4 Å². The van der Waals surface area contributed by atoms with E-state index in [9.17, 15) is 15.1 Å². The molecular formula is C29H35KN2O5. The van der Waals surface area contributed by atoms with E-state index in [4.69, 9.17) is 4.74 Å². The quantitative estimate of drug-likeness (QED) is 0.276. The molecule has 4 rings (SSSR count). The Labute approximate surface area is 262 Å². The number of methoxy groups -OCH3 is 2. The van der Waals surface area contributed by atoms with Gasteiger partial charge in [0.15, 0.2) is 0 Å². The van der Waals surface area contributed by atoms with Gasteiger partial charge >= 0.3 is 57.4 Å². The molecule has 1 aliphatic rings. The van der Waals surface area contributed by atoms with Gasteiger partial charge in [-0.1, -0.05) is 18.2 Å². The van der Waals surface area contributed by atoms with Gasteiger partial charge < -0.3 is 25.3 Å². The van der Waals surface area contributed by atoms with E-state index in [1.54, 1.807) is 50.4 Å². The molecule has 7 nitrogen and oxygen atoms in total. The summed E-state index contributed by atoms with van der Waals surface area (Å²) in [6.45, 7) is 7.12. The Hall–Kier alpha value is -1.75. The fraction of sp³-hybridized carbons (Fsp3) is 0.345. The second-order valence-electron chi connectivity index (χ2n) is 9.01. The summed E-state index contributed by atoms with van der Waals surface area (Å²) in [5.74, 6) is 0.819. The van der Waals surface area contributed by atoms with Crippen LogP contribution in [-0.4, -0.2) is 43.3 Å². The van der Waals surface area contributed by atoms with Gasteiger partial charge in [0.25, 0.3) is 0 Å². The first kappa shape index (κ1) is 31.5. The molecule has 0 bridgehead atoms. The fourth-order valence-corrected chi connectivity index (χ4v) is 4.29. The molecule has 3 aromatic rings. The summed E-state index contributed by atoms with van der Waals surface area (Å²) >= 11 is 0. The van der Waals surface area contributed by atoms with Crippen LogP contribution in [0.3, 0.4) is 0 Å². The Morgan fingerprint density at radius 2 is 1.73 bits per heavy atom. The molecule has 1 heterocycles. The van der Waals surface area contributed by atoms with E-state index >= 15 is 0 Å². The van der Waals surface area contributed by atoms with Gasteiger partial charge in [0, 0.05) is 12.6 Å².